The first-order chi connectivity index (χ1) is 17.1. The van der Waals surface area contributed by atoms with Crippen LogP contribution in [0.2, 0.25) is 5.02 Å². The highest BCUT2D eigenvalue weighted by Crippen LogP contribution is 2.57. The molecule has 0 spiro atoms. The maximum absolute atomic E-state index is 13.7. The second kappa shape index (κ2) is 8.84. The molecule has 2 amide bonds. The molecule has 0 bridgehead atoms. The number of ketones is 2. The number of carbonyl (C=O) groups is 4. The van der Waals surface area contributed by atoms with Gasteiger partial charge in [-0.3, -0.25) is 19.2 Å². The van der Waals surface area contributed by atoms with Gasteiger partial charge in [0.15, 0.2) is 17.1 Å². The smallest absolute Gasteiger partial charge is 0.255 e. The number of benzene rings is 1. The zero-order valence-corrected chi connectivity index (χ0v) is 20.8. The Labute approximate surface area is 215 Å². The number of phenols is 1. The SMILES string of the molecule is C[C@H]1c2cc(Cl)c(NC(=O)CN(C)C)c(O)c2C(O)=C2C(=O)[C@]3(O)C(O)=C(C(N)=O)C(=O)C[C@@H]3[C@@H](O)[C@@H]21. The van der Waals surface area contributed by atoms with E-state index in [2.05, 4.69) is 5.32 Å². The average Bonchev–Trinajstić information content (AvgIpc) is 2.78. The summed E-state index contributed by atoms with van der Waals surface area (Å²) < 4.78 is 0. The van der Waals surface area contributed by atoms with Gasteiger partial charge >= 0.3 is 0 Å². The quantitative estimate of drug-likeness (QED) is 0.204. The Bertz CT molecular complexity index is 1330. The van der Waals surface area contributed by atoms with Crippen LogP contribution in [0.25, 0.3) is 5.76 Å². The topological polar surface area (TPSA) is 211 Å². The summed E-state index contributed by atoms with van der Waals surface area (Å²) in [6.45, 7) is 1.52. The Morgan fingerprint density at radius 3 is 2.43 bits per heavy atom. The average molecular weight is 536 g/mol. The number of nitrogens with two attached hydrogens (primary N) is 1. The number of phenolic OH excluding ortho intramolecular Hbond substituents is 1. The molecule has 0 heterocycles. The van der Waals surface area contributed by atoms with Gasteiger partial charge in [-0.25, -0.2) is 0 Å². The van der Waals surface area contributed by atoms with Crippen LogP contribution in [0.1, 0.15) is 30.4 Å². The van der Waals surface area contributed by atoms with E-state index in [9.17, 15) is 44.7 Å². The third-order valence-corrected chi connectivity index (χ3v) is 7.60. The van der Waals surface area contributed by atoms with E-state index in [0.717, 1.165) is 0 Å². The molecule has 0 radical (unpaired) electrons. The van der Waals surface area contributed by atoms with E-state index < -0.39 is 87.7 Å². The molecule has 0 aliphatic heterocycles. The van der Waals surface area contributed by atoms with Crippen LogP contribution in [0.4, 0.5) is 5.69 Å². The molecule has 1 aromatic rings. The minimum absolute atomic E-state index is 0.0516. The lowest BCUT2D eigenvalue weighted by Crippen LogP contribution is -2.63. The Balaban J connectivity index is 1.93. The van der Waals surface area contributed by atoms with Crippen LogP contribution < -0.4 is 11.1 Å². The number of Topliss-reactive ketones (excluding diaryl/α,β-unsaturated/α-hetero) is 2. The van der Waals surface area contributed by atoms with Crippen LogP contribution in [0.3, 0.4) is 0 Å². The van der Waals surface area contributed by atoms with Gasteiger partial charge in [-0.15, -0.1) is 0 Å². The van der Waals surface area contributed by atoms with E-state index in [0.29, 0.717) is 0 Å². The van der Waals surface area contributed by atoms with E-state index in [1.807, 2.05) is 0 Å². The molecule has 1 aromatic carbocycles. The van der Waals surface area contributed by atoms with Crippen LogP contribution in [-0.2, 0) is 19.2 Å². The van der Waals surface area contributed by atoms with Gasteiger partial charge < -0.3 is 41.5 Å². The van der Waals surface area contributed by atoms with Crippen LogP contribution in [0.5, 0.6) is 5.75 Å². The number of nitrogens with zero attached hydrogens (tertiary/aromatic N) is 1. The summed E-state index contributed by atoms with van der Waals surface area (Å²) in [5, 5.41) is 57.8. The van der Waals surface area contributed by atoms with Crippen molar-refractivity contribution in [3.05, 3.63) is 39.1 Å². The van der Waals surface area contributed by atoms with E-state index in [1.54, 1.807) is 25.9 Å². The minimum Gasteiger partial charge on any atom is -0.508 e. The standard InChI is InChI=1S/C24H26ClN3O9/c1-7-8-4-10(25)17(27-12(30)6-28(2)3)20(33)14(8)19(32)16-13(7)18(31)9-5-11(29)15(23(26)36)21(34)24(9,37)22(16)35/h4,7,9,13,18,31-34,37H,5-6H2,1-3H3,(H2,26,36)(H,27,30)/t7-,9+,13+,18+,24+/m0/s1. The molecule has 8 N–H and O–H groups in total. The molecule has 1 fully saturated rings. The number of aliphatic hydroxyl groups excluding tert-OH is 3. The Hall–Kier alpha value is -3.45. The lowest BCUT2D eigenvalue weighted by Gasteiger charge is -2.50. The number of halogens is 1. The van der Waals surface area contributed by atoms with Crippen LogP contribution >= 0.6 is 11.6 Å². The fraction of sp³-hybridized carbons (Fsp3) is 0.417. The van der Waals surface area contributed by atoms with Crippen molar-refractivity contribution in [1.29, 1.82) is 0 Å². The Kier molecular flexibility index (Phi) is 6.36. The monoisotopic (exact) mass is 535 g/mol. The van der Waals surface area contributed by atoms with Crippen molar-refractivity contribution >= 4 is 46.4 Å². The van der Waals surface area contributed by atoms with Crippen LogP contribution in [0.15, 0.2) is 23.0 Å². The van der Waals surface area contributed by atoms with Crippen molar-refractivity contribution in [2.24, 2.45) is 17.6 Å². The number of carbonyl (C=O) groups excluding carboxylic acids is 4. The molecule has 37 heavy (non-hydrogen) atoms. The lowest BCUT2D eigenvalue weighted by atomic mass is 9.55. The largest absolute Gasteiger partial charge is 0.508 e. The highest BCUT2D eigenvalue weighted by molar-refractivity contribution is 6.34. The van der Waals surface area contributed by atoms with Crippen molar-refractivity contribution in [3.63, 3.8) is 0 Å². The zero-order valence-electron chi connectivity index (χ0n) is 20.1. The molecule has 0 saturated heterocycles. The molecular formula is C24H26ClN3O9. The molecule has 13 heteroatoms. The first-order valence-electron chi connectivity index (χ1n) is 11.3. The van der Waals surface area contributed by atoms with E-state index in [4.69, 9.17) is 17.3 Å². The molecule has 0 unspecified atom stereocenters. The lowest BCUT2D eigenvalue weighted by molar-refractivity contribution is -0.160. The molecule has 3 aliphatic rings. The molecular weight excluding hydrogens is 510 g/mol. The van der Waals surface area contributed by atoms with Crippen LogP contribution in [-0.4, -0.2) is 86.2 Å². The predicted molar refractivity (Wildman–Crippen MR) is 130 cm³/mol. The van der Waals surface area contributed by atoms with Gasteiger partial charge in [0.2, 0.25) is 11.7 Å². The fourth-order valence-corrected chi connectivity index (χ4v) is 5.87. The van der Waals surface area contributed by atoms with Gasteiger partial charge in [0, 0.05) is 23.8 Å². The van der Waals surface area contributed by atoms with Crippen molar-refractivity contribution in [3.8, 4) is 5.75 Å². The minimum atomic E-state index is -2.93. The molecule has 4 rings (SSSR count). The summed E-state index contributed by atoms with van der Waals surface area (Å²) in [6.07, 6.45) is -2.32. The molecule has 3 aliphatic carbocycles. The summed E-state index contributed by atoms with van der Waals surface area (Å²) in [5.74, 6) is -10.4. The number of likely N-dealkylation sites (N-methyl/N-ethyl adjacent to an activating group) is 1. The normalized spacial score (nSPS) is 29.2. The second-order valence-corrected chi connectivity index (χ2v) is 10.2. The molecule has 198 valence electrons. The third-order valence-electron chi connectivity index (χ3n) is 7.30. The third kappa shape index (κ3) is 3.71. The molecule has 1 saturated carbocycles. The maximum Gasteiger partial charge on any atom is 0.255 e. The predicted octanol–water partition coefficient (Wildman–Crippen LogP) is 0.109. The first-order valence-corrected chi connectivity index (χ1v) is 11.7. The van der Waals surface area contributed by atoms with Gasteiger partial charge in [-0.1, -0.05) is 18.5 Å². The van der Waals surface area contributed by atoms with Gasteiger partial charge in [0.05, 0.1) is 23.2 Å². The molecule has 0 aromatic heterocycles. The van der Waals surface area contributed by atoms with E-state index in [1.165, 1.54) is 6.07 Å². The number of amides is 2. The summed E-state index contributed by atoms with van der Waals surface area (Å²) in [6, 6.07) is 1.37. The number of hydrogen-bond donors (Lipinski definition) is 7. The van der Waals surface area contributed by atoms with E-state index >= 15 is 0 Å². The van der Waals surface area contributed by atoms with Crippen molar-refractivity contribution in [2.45, 2.75) is 31.0 Å². The number of aromatic hydroxyl groups is 1. The number of rotatable bonds is 4. The highest BCUT2D eigenvalue weighted by atomic mass is 35.5. The highest BCUT2D eigenvalue weighted by Gasteiger charge is 2.65. The van der Waals surface area contributed by atoms with Gasteiger partial charge in [0.25, 0.3) is 5.91 Å². The number of nitrogens with one attached hydrogen (secondary N) is 1. The summed E-state index contributed by atoms with van der Waals surface area (Å²) >= 11 is 6.33. The second-order valence-electron chi connectivity index (χ2n) is 9.82. The summed E-state index contributed by atoms with van der Waals surface area (Å²) in [5.41, 5.74) is 0.474. The summed E-state index contributed by atoms with van der Waals surface area (Å²) in [7, 11) is 3.30. The van der Waals surface area contributed by atoms with Crippen molar-refractivity contribution < 1.29 is 44.7 Å². The first kappa shape index (κ1) is 26.6. The van der Waals surface area contributed by atoms with Gasteiger partial charge in [0.1, 0.15) is 22.8 Å². The van der Waals surface area contributed by atoms with Gasteiger partial charge in [-0.2, -0.15) is 0 Å². The molecule has 5 atom stereocenters. The number of primary amides is 1. The maximum atomic E-state index is 13.7. The number of anilines is 1. The van der Waals surface area contributed by atoms with Crippen LogP contribution in [0, 0.1) is 11.8 Å². The fourth-order valence-electron chi connectivity index (χ4n) is 5.61. The van der Waals surface area contributed by atoms with Crippen molar-refractivity contribution in [1.82, 2.24) is 4.90 Å². The zero-order chi connectivity index (χ0) is 27.7. The Morgan fingerprint density at radius 2 is 1.86 bits per heavy atom. The van der Waals surface area contributed by atoms with Crippen molar-refractivity contribution in [2.75, 3.05) is 26.0 Å². The molecule has 12 nitrogen and oxygen atoms in total. The Morgan fingerprint density at radius 1 is 1.24 bits per heavy atom. The number of aliphatic hydroxyl groups is 4. The van der Waals surface area contributed by atoms with E-state index in [-0.39, 0.29) is 28.4 Å². The van der Waals surface area contributed by atoms with Gasteiger partial charge in [-0.05, 0) is 31.6 Å². The summed E-state index contributed by atoms with van der Waals surface area (Å²) in [4.78, 5) is 51.8. The number of hydrogen-bond acceptors (Lipinski definition) is 10. The number of fused-ring (bicyclic) bond motifs is 3.